The Kier molecular flexibility index (Phi) is 7.18. The largest absolute Gasteiger partial charge is 0.375 e. The van der Waals surface area contributed by atoms with Gasteiger partial charge in [-0.1, -0.05) is 104 Å². The summed E-state index contributed by atoms with van der Waals surface area (Å²) in [5, 5.41) is 3.89. The van der Waals surface area contributed by atoms with Crippen LogP contribution in [-0.2, 0) is 4.74 Å². The lowest BCUT2D eigenvalue weighted by Crippen LogP contribution is -2.34. The van der Waals surface area contributed by atoms with Gasteiger partial charge in [0.25, 0.3) is 0 Å². The van der Waals surface area contributed by atoms with Crippen LogP contribution < -0.4 is 5.32 Å². The molecule has 3 rings (SSSR count). The van der Waals surface area contributed by atoms with Crippen LogP contribution in [0.3, 0.4) is 0 Å². The molecule has 0 aliphatic rings. The minimum atomic E-state index is -0.105. The summed E-state index contributed by atoms with van der Waals surface area (Å²) >= 11 is 0. The number of nitrogens with one attached hydrogen (secondary N) is 1. The molecule has 144 valence electrons. The smallest absolute Gasteiger partial charge is 0.102 e. The van der Waals surface area contributed by atoms with Gasteiger partial charge in [0.05, 0.1) is 6.04 Å². The zero-order valence-electron chi connectivity index (χ0n) is 16.7. The Bertz CT molecular complexity index is 832. The van der Waals surface area contributed by atoms with Crippen LogP contribution >= 0.6 is 0 Å². The van der Waals surface area contributed by atoms with Gasteiger partial charge in [-0.3, -0.25) is 0 Å². The summed E-state index contributed by atoms with van der Waals surface area (Å²) in [6.45, 7) is 6.24. The molecule has 0 saturated heterocycles. The van der Waals surface area contributed by atoms with Crippen LogP contribution in [0.5, 0.6) is 0 Å². The van der Waals surface area contributed by atoms with E-state index in [1.165, 1.54) is 11.1 Å². The first kappa shape index (κ1) is 20.1. The fourth-order valence-electron chi connectivity index (χ4n) is 3.67. The molecule has 2 heteroatoms. The van der Waals surface area contributed by atoms with Crippen molar-refractivity contribution in [1.29, 1.82) is 0 Å². The van der Waals surface area contributed by atoms with Gasteiger partial charge in [0.15, 0.2) is 0 Å². The molecule has 0 aromatic heterocycles. The zero-order chi connectivity index (χ0) is 19.8. The summed E-state index contributed by atoms with van der Waals surface area (Å²) in [7, 11) is 1.78. The molecular weight excluding hydrogens is 342 g/mol. The Morgan fingerprint density at radius 2 is 1.14 bits per heavy atom. The minimum absolute atomic E-state index is 0.00112. The summed E-state index contributed by atoms with van der Waals surface area (Å²) in [6, 6.07) is 31.6. The molecule has 0 aliphatic carbocycles. The van der Waals surface area contributed by atoms with Crippen molar-refractivity contribution < 1.29 is 4.74 Å². The van der Waals surface area contributed by atoms with Gasteiger partial charge in [-0.2, -0.15) is 0 Å². The number of hydrogen-bond acceptors (Lipinski definition) is 2. The molecule has 0 aliphatic heterocycles. The molecule has 0 bridgehead atoms. The maximum atomic E-state index is 6.01. The average molecular weight is 372 g/mol. The van der Waals surface area contributed by atoms with E-state index in [-0.39, 0.29) is 24.1 Å². The van der Waals surface area contributed by atoms with Crippen LogP contribution in [0.25, 0.3) is 0 Å². The van der Waals surface area contributed by atoms with Crippen molar-refractivity contribution in [1.82, 2.24) is 5.32 Å². The van der Waals surface area contributed by atoms with Crippen LogP contribution in [0, 0.1) is 5.92 Å². The molecule has 4 atom stereocenters. The molecule has 3 aromatic rings. The second kappa shape index (κ2) is 10.0. The number of rotatable bonds is 9. The van der Waals surface area contributed by atoms with Gasteiger partial charge in [0, 0.05) is 13.2 Å². The molecule has 0 radical (unpaired) electrons. The molecule has 28 heavy (non-hydrogen) atoms. The van der Waals surface area contributed by atoms with E-state index in [0.717, 1.165) is 5.56 Å². The third-order valence-electron chi connectivity index (χ3n) is 5.26. The third-order valence-corrected chi connectivity index (χ3v) is 5.26. The van der Waals surface area contributed by atoms with Gasteiger partial charge in [0.2, 0.25) is 0 Å². The Hall–Kier alpha value is -2.68. The van der Waals surface area contributed by atoms with Gasteiger partial charge >= 0.3 is 0 Å². The molecule has 0 heterocycles. The van der Waals surface area contributed by atoms with E-state index >= 15 is 0 Å². The van der Waals surface area contributed by atoms with E-state index in [1.54, 1.807) is 7.11 Å². The summed E-state index contributed by atoms with van der Waals surface area (Å²) in [5.41, 5.74) is 3.61. The van der Waals surface area contributed by atoms with E-state index in [2.05, 4.69) is 97.7 Å². The molecule has 0 saturated carbocycles. The summed E-state index contributed by atoms with van der Waals surface area (Å²) < 4.78 is 6.01. The molecule has 1 unspecified atom stereocenters. The molecule has 2 nitrogen and oxygen atoms in total. The van der Waals surface area contributed by atoms with E-state index in [9.17, 15) is 0 Å². The predicted octanol–water partition coefficient (Wildman–Crippen LogP) is 6.27. The molecular formula is C26H29NO. The minimum Gasteiger partial charge on any atom is -0.375 e. The quantitative estimate of drug-likeness (QED) is 0.448. The second-order valence-electron chi connectivity index (χ2n) is 7.11. The Balaban J connectivity index is 2.01. The van der Waals surface area contributed by atoms with Gasteiger partial charge in [-0.15, -0.1) is 6.58 Å². The van der Waals surface area contributed by atoms with E-state index in [4.69, 9.17) is 4.74 Å². The second-order valence-corrected chi connectivity index (χ2v) is 7.11. The van der Waals surface area contributed by atoms with Gasteiger partial charge in [0.1, 0.15) is 6.10 Å². The highest BCUT2D eigenvalue weighted by atomic mass is 16.5. The highest BCUT2D eigenvalue weighted by Crippen LogP contribution is 2.35. The number of methoxy groups -OCH3 is 1. The van der Waals surface area contributed by atoms with Crippen LogP contribution in [0.15, 0.2) is 104 Å². The van der Waals surface area contributed by atoms with Crippen LogP contribution in [0.4, 0.5) is 0 Å². The standard InChI is InChI=1S/C26H29NO/c1-4-20(2)24(21-14-8-5-9-15-21)27-25(22-16-10-6-11-17-22)26(28-3)23-18-12-7-13-19-23/h4-20,24-27H,1H2,2-3H3/t20?,24-,25+,26-/m0/s1. The summed E-state index contributed by atoms with van der Waals surface area (Å²) in [5.74, 6) is 0.266. The van der Waals surface area contributed by atoms with E-state index < -0.39 is 0 Å². The normalized spacial score (nSPS) is 15.4. The van der Waals surface area contributed by atoms with Gasteiger partial charge in [-0.25, -0.2) is 0 Å². The highest BCUT2D eigenvalue weighted by molar-refractivity contribution is 5.28. The maximum Gasteiger partial charge on any atom is 0.102 e. The van der Waals surface area contributed by atoms with Gasteiger partial charge in [-0.05, 0) is 22.6 Å². The first-order chi connectivity index (χ1) is 13.7. The first-order valence-corrected chi connectivity index (χ1v) is 9.80. The third kappa shape index (κ3) is 4.78. The number of benzene rings is 3. The zero-order valence-corrected chi connectivity index (χ0v) is 16.7. The summed E-state index contributed by atoms with van der Waals surface area (Å²) in [6.07, 6.45) is 1.91. The lowest BCUT2D eigenvalue weighted by molar-refractivity contribution is 0.0610. The van der Waals surface area contributed by atoms with Crippen molar-refractivity contribution in [2.45, 2.75) is 25.1 Å². The molecule has 0 spiro atoms. The van der Waals surface area contributed by atoms with Crippen molar-refractivity contribution in [3.63, 3.8) is 0 Å². The predicted molar refractivity (Wildman–Crippen MR) is 117 cm³/mol. The van der Waals surface area contributed by atoms with Crippen molar-refractivity contribution in [3.8, 4) is 0 Å². The molecule has 0 amide bonds. The van der Waals surface area contributed by atoms with E-state index in [1.807, 2.05) is 18.2 Å². The number of ether oxygens (including phenoxy) is 1. The fraction of sp³-hybridized carbons (Fsp3) is 0.231. The molecule has 0 fully saturated rings. The van der Waals surface area contributed by atoms with Crippen LogP contribution in [0.2, 0.25) is 0 Å². The summed E-state index contributed by atoms with van der Waals surface area (Å²) in [4.78, 5) is 0. The molecule has 1 N–H and O–H groups in total. The Morgan fingerprint density at radius 3 is 1.57 bits per heavy atom. The van der Waals surface area contributed by atoms with Crippen molar-refractivity contribution >= 4 is 0 Å². The molecule has 3 aromatic carbocycles. The Labute approximate surface area is 168 Å². The van der Waals surface area contributed by atoms with E-state index in [0.29, 0.717) is 0 Å². The Morgan fingerprint density at radius 1 is 0.714 bits per heavy atom. The van der Waals surface area contributed by atoms with Crippen LogP contribution in [0.1, 0.15) is 41.8 Å². The van der Waals surface area contributed by atoms with Crippen molar-refractivity contribution in [2.75, 3.05) is 7.11 Å². The lowest BCUT2D eigenvalue weighted by atomic mass is 9.89. The van der Waals surface area contributed by atoms with Crippen LogP contribution in [-0.4, -0.2) is 7.11 Å². The van der Waals surface area contributed by atoms with Crippen molar-refractivity contribution in [2.24, 2.45) is 5.92 Å². The topological polar surface area (TPSA) is 21.3 Å². The average Bonchev–Trinajstić information content (AvgIpc) is 2.78. The van der Waals surface area contributed by atoms with Gasteiger partial charge < -0.3 is 10.1 Å². The monoisotopic (exact) mass is 371 g/mol. The fourth-order valence-corrected chi connectivity index (χ4v) is 3.67. The van der Waals surface area contributed by atoms with Crippen molar-refractivity contribution in [3.05, 3.63) is 120 Å². The maximum absolute atomic E-state index is 6.01. The number of hydrogen-bond donors (Lipinski definition) is 1. The SMILES string of the molecule is C=CC(C)[C@H](N[C@H](c1ccccc1)[C@@H](OC)c1ccccc1)c1ccccc1. The lowest BCUT2D eigenvalue weighted by Gasteiger charge is -2.34. The first-order valence-electron chi connectivity index (χ1n) is 9.80. The highest BCUT2D eigenvalue weighted by Gasteiger charge is 2.29.